The second-order valence-electron chi connectivity index (χ2n) is 5.27. The Kier molecular flexibility index (Phi) is 8.34. The summed E-state index contributed by atoms with van der Waals surface area (Å²) in [5.74, 6) is 0.783. The van der Waals surface area contributed by atoms with E-state index in [1.165, 1.54) is 0 Å². The molecule has 2 aromatic carbocycles. The maximum atomic E-state index is 12.6. The first kappa shape index (κ1) is 21.7. The van der Waals surface area contributed by atoms with Crippen LogP contribution in [0.5, 0.6) is 11.5 Å². The normalized spacial score (nSPS) is 10.8. The number of nitrogens with two attached hydrogens (primary N) is 2. The van der Waals surface area contributed by atoms with Gasteiger partial charge in [0.2, 0.25) is 0 Å². The van der Waals surface area contributed by atoms with Crippen LogP contribution in [0.1, 0.15) is 16.7 Å². The summed E-state index contributed by atoms with van der Waals surface area (Å²) in [5.41, 5.74) is 10.8. The van der Waals surface area contributed by atoms with Gasteiger partial charge in [-0.15, -0.1) is 0 Å². The minimum absolute atomic E-state index is 0.110. The second kappa shape index (κ2) is 9.98. The van der Waals surface area contributed by atoms with Crippen molar-refractivity contribution in [3.63, 3.8) is 0 Å². The van der Waals surface area contributed by atoms with Crippen LogP contribution in [0.25, 0.3) is 0 Å². The van der Waals surface area contributed by atoms with Gasteiger partial charge < -0.3 is 20.9 Å². The van der Waals surface area contributed by atoms with E-state index in [0.29, 0.717) is 12.6 Å². The fourth-order valence-corrected chi connectivity index (χ4v) is 2.16. The highest BCUT2D eigenvalue weighted by Gasteiger charge is 2.31. The van der Waals surface area contributed by atoms with Crippen molar-refractivity contribution >= 4 is 0 Å². The van der Waals surface area contributed by atoms with Crippen LogP contribution in [-0.4, -0.2) is 20.8 Å². The van der Waals surface area contributed by atoms with Crippen LogP contribution in [0.15, 0.2) is 36.4 Å². The highest BCUT2D eigenvalue weighted by molar-refractivity contribution is 5.40. The molecule has 2 rings (SSSR count). The number of hydrogen-bond acceptors (Lipinski definition) is 4. The zero-order valence-corrected chi connectivity index (χ0v) is 14.6. The van der Waals surface area contributed by atoms with Crippen LogP contribution in [0.4, 0.5) is 17.6 Å². The van der Waals surface area contributed by atoms with E-state index in [1.807, 2.05) is 18.2 Å². The molecule has 0 saturated heterocycles. The van der Waals surface area contributed by atoms with Gasteiger partial charge in [-0.1, -0.05) is 0 Å². The summed E-state index contributed by atoms with van der Waals surface area (Å²) in [7, 11) is 3.30. The van der Waals surface area contributed by atoms with Crippen LogP contribution in [-0.2, 0) is 19.1 Å². The molecule has 0 aliphatic heterocycles. The topological polar surface area (TPSA) is 70.5 Å². The van der Waals surface area contributed by atoms with E-state index in [2.05, 4.69) is 0 Å². The van der Waals surface area contributed by atoms with Crippen LogP contribution in [0.2, 0.25) is 0 Å². The smallest absolute Gasteiger partial charge is 0.416 e. The van der Waals surface area contributed by atoms with Crippen molar-refractivity contribution in [2.75, 3.05) is 20.8 Å². The van der Waals surface area contributed by atoms with Gasteiger partial charge in [0.1, 0.15) is 17.3 Å². The van der Waals surface area contributed by atoms with Gasteiger partial charge in [0, 0.05) is 6.54 Å². The van der Waals surface area contributed by atoms with E-state index >= 15 is 0 Å². The summed E-state index contributed by atoms with van der Waals surface area (Å²) in [6.07, 6.45) is -3.72. The van der Waals surface area contributed by atoms with E-state index in [1.54, 1.807) is 14.2 Å². The third-order valence-electron chi connectivity index (χ3n) is 3.42. The standard InChI is InChI=1S/C10H15NO2.C8H7F4N/c1-12-9-3-4-10(13-2)8(7-9)5-6-11;9-7-2-5(4-13)1-6(3-7)8(10,11)12/h3-4,7H,5-6,11H2,1-2H3;1-3H,4,13H2. The Balaban J connectivity index is 0.000000260. The van der Waals surface area contributed by atoms with Gasteiger partial charge in [-0.05, 0) is 60.5 Å². The van der Waals surface area contributed by atoms with E-state index < -0.39 is 17.6 Å². The minimum Gasteiger partial charge on any atom is -0.497 e. The SMILES string of the molecule is COc1ccc(OC)c(CCN)c1.NCc1cc(F)cc(C(F)(F)F)c1. The highest BCUT2D eigenvalue weighted by Crippen LogP contribution is 2.30. The fraction of sp³-hybridized carbons (Fsp3) is 0.333. The largest absolute Gasteiger partial charge is 0.497 e. The first-order valence-electron chi connectivity index (χ1n) is 7.72. The molecule has 8 heteroatoms. The number of benzene rings is 2. The second-order valence-corrected chi connectivity index (χ2v) is 5.27. The number of ether oxygens (including phenoxy) is 2. The molecule has 0 bridgehead atoms. The van der Waals surface area contributed by atoms with Crippen molar-refractivity contribution in [3.8, 4) is 11.5 Å². The predicted molar refractivity (Wildman–Crippen MR) is 91.6 cm³/mol. The molecule has 0 spiro atoms. The molecule has 0 unspecified atom stereocenters. The van der Waals surface area contributed by atoms with Crippen molar-refractivity contribution in [2.24, 2.45) is 11.5 Å². The molecular formula is C18H22F4N2O2. The summed E-state index contributed by atoms with van der Waals surface area (Å²) >= 11 is 0. The van der Waals surface area contributed by atoms with E-state index in [9.17, 15) is 17.6 Å². The molecule has 0 aromatic heterocycles. The first-order valence-corrected chi connectivity index (χ1v) is 7.72. The average molecular weight is 374 g/mol. The summed E-state index contributed by atoms with van der Waals surface area (Å²) in [6, 6.07) is 7.98. The van der Waals surface area contributed by atoms with E-state index in [-0.39, 0.29) is 12.1 Å². The molecule has 144 valence electrons. The Bertz CT molecular complexity index is 706. The number of rotatable bonds is 5. The summed E-state index contributed by atoms with van der Waals surface area (Å²) < 4.78 is 59.1. The lowest BCUT2D eigenvalue weighted by Gasteiger charge is -2.08. The molecule has 0 fully saturated rings. The lowest BCUT2D eigenvalue weighted by atomic mass is 10.1. The highest BCUT2D eigenvalue weighted by atomic mass is 19.4. The average Bonchev–Trinajstić information content (AvgIpc) is 2.61. The Morgan fingerprint density at radius 2 is 1.65 bits per heavy atom. The van der Waals surface area contributed by atoms with Crippen LogP contribution >= 0.6 is 0 Å². The van der Waals surface area contributed by atoms with Gasteiger partial charge in [-0.25, -0.2) is 4.39 Å². The fourth-order valence-electron chi connectivity index (χ4n) is 2.16. The quantitative estimate of drug-likeness (QED) is 0.786. The first-order chi connectivity index (χ1) is 12.2. The molecule has 0 heterocycles. The number of methoxy groups -OCH3 is 2. The molecule has 4 nitrogen and oxygen atoms in total. The van der Waals surface area contributed by atoms with Crippen molar-refractivity contribution < 1.29 is 27.0 Å². The summed E-state index contributed by atoms with van der Waals surface area (Å²) in [6.45, 7) is 0.504. The molecular weight excluding hydrogens is 352 g/mol. The maximum Gasteiger partial charge on any atom is 0.416 e. The van der Waals surface area contributed by atoms with Gasteiger partial charge in [-0.3, -0.25) is 0 Å². The molecule has 0 saturated carbocycles. The van der Waals surface area contributed by atoms with Crippen molar-refractivity contribution in [2.45, 2.75) is 19.1 Å². The Morgan fingerprint density at radius 3 is 2.15 bits per heavy atom. The maximum absolute atomic E-state index is 12.6. The Hall–Kier alpha value is -2.32. The predicted octanol–water partition coefficient (Wildman–Crippen LogP) is 3.51. The molecule has 4 N–H and O–H groups in total. The lowest BCUT2D eigenvalue weighted by molar-refractivity contribution is -0.137. The molecule has 0 amide bonds. The molecule has 26 heavy (non-hydrogen) atoms. The van der Waals surface area contributed by atoms with Crippen molar-refractivity contribution in [1.82, 2.24) is 0 Å². The zero-order valence-electron chi connectivity index (χ0n) is 14.6. The monoisotopic (exact) mass is 374 g/mol. The molecule has 2 aromatic rings. The number of alkyl halides is 3. The number of halogens is 4. The zero-order chi connectivity index (χ0) is 19.7. The molecule has 0 radical (unpaired) electrons. The Morgan fingerprint density at radius 1 is 0.962 bits per heavy atom. The molecule has 0 atom stereocenters. The molecule has 0 aliphatic carbocycles. The number of hydrogen-bond donors (Lipinski definition) is 2. The minimum atomic E-state index is -4.52. The third-order valence-corrected chi connectivity index (χ3v) is 3.42. The van der Waals surface area contributed by atoms with Gasteiger partial charge in [0.15, 0.2) is 0 Å². The third kappa shape index (κ3) is 6.53. The van der Waals surface area contributed by atoms with Crippen LogP contribution in [0, 0.1) is 5.82 Å². The van der Waals surface area contributed by atoms with E-state index in [0.717, 1.165) is 35.6 Å². The van der Waals surface area contributed by atoms with Crippen LogP contribution < -0.4 is 20.9 Å². The lowest BCUT2D eigenvalue weighted by Crippen LogP contribution is -2.07. The summed E-state index contributed by atoms with van der Waals surface area (Å²) in [5, 5.41) is 0. The summed E-state index contributed by atoms with van der Waals surface area (Å²) in [4.78, 5) is 0. The van der Waals surface area contributed by atoms with Gasteiger partial charge in [0.05, 0.1) is 19.8 Å². The van der Waals surface area contributed by atoms with E-state index in [4.69, 9.17) is 20.9 Å². The van der Waals surface area contributed by atoms with Gasteiger partial charge in [-0.2, -0.15) is 13.2 Å². The van der Waals surface area contributed by atoms with Gasteiger partial charge in [0.25, 0.3) is 0 Å². The Labute approximate surface area is 149 Å². The van der Waals surface area contributed by atoms with Crippen LogP contribution in [0.3, 0.4) is 0 Å². The van der Waals surface area contributed by atoms with Crippen molar-refractivity contribution in [3.05, 3.63) is 58.9 Å². The van der Waals surface area contributed by atoms with Crippen molar-refractivity contribution in [1.29, 1.82) is 0 Å². The van der Waals surface area contributed by atoms with Gasteiger partial charge >= 0.3 is 6.18 Å². The molecule has 0 aliphatic rings.